The number of carboxylic acid groups (broad SMARTS) is 1. The molecule has 1 fully saturated rings. The average Bonchev–Trinajstić information content (AvgIpc) is 2.73. The van der Waals surface area contributed by atoms with Crippen molar-refractivity contribution >= 4 is 5.97 Å². The van der Waals surface area contributed by atoms with Crippen LogP contribution in [0.15, 0.2) is 36.4 Å². The van der Waals surface area contributed by atoms with Crippen LogP contribution in [0.4, 0.5) is 0 Å². The van der Waals surface area contributed by atoms with Crippen molar-refractivity contribution in [3.63, 3.8) is 0 Å². The van der Waals surface area contributed by atoms with Crippen LogP contribution < -0.4 is 10.1 Å². The maximum atomic E-state index is 11.9. The van der Waals surface area contributed by atoms with Crippen LogP contribution >= 0.6 is 0 Å². The number of fused-ring (bicyclic) bond motifs is 2. The molecule has 1 unspecified atom stereocenters. The fourth-order valence-corrected chi connectivity index (χ4v) is 4.82. The van der Waals surface area contributed by atoms with Crippen LogP contribution in [0.5, 0.6) is 11.5 Å². The Bertz CT molecular complexity index is 855. The number of hydrogen-bond acceptors (Lipinski definition) is 3. The van der Waals surface area contributed by atoms with Gasteiger partial charge in [-0.25, -0.2) is 4.79 Å². The lowest BCUT2D eigenvalue weighted by Crippen LogP contribution is -2.31. The lowest BCUT2D eigenvalue weighted by molar-refractivity contribution is 0.0693. The van der Waals surface area contributed by atoms with Crippen LogP contribution in [0, 0.1) is 5.92 Å². The number of carbonyl (C=O) groups is 1. The van der Waals surface area contributed by atoms with Crippen molar-refractivity contribution in [3.05, 3.63) is 58.7 Å². The summed E-state index contributed by atoms with van der Waals surface area (Å²) >= 11 is 0. The molecular formula is C24H29NO3. The molecule has 2 aromatic rings. The number of rotatable bonds is 6. The molecule has 2 aliphatic rings. The molecule has 0 saturated carbocycles. The first-order valence-corrected chi connectivity index (χ1v) is 10.5. The van der Waals surface area contributed by atoms with Crippen molar-refractivity contribution in [1.29, 1.82) is 0 Å². The highest BCUT2D eigenvalue weighted by Crippen LogP contribution is 2.45. The third-order valence-electron chi connectivity index (χ3n) is 6.30. The lowest BCUT2D eigenvalue weighted by Gasteiger charge is -2.34. The molecule has 2 N–H and O–H groups in total. The Morgan fingerprint density at radius 3 is 2.75 bits per heavy atom. The number of nitrogens with one attached hydrogen (secondary N) is 1. The molecule has 0 aromatic heterocycles. The topological polar surface area (TPSA) is 58.6 Å². The fourth-order valence-electron chi connectivity index (χ4n) is 4.82. The number of ether oxygens (including phenoxy) is 1. The second-order valence-corrected chi connectivity index (χ2v) is 8.04. The van der Waals surface area contributed by atoms with Crippen LogP contribution in [0.3, 0.4) is 0 Å². The van der Waals surface area contributed by atoms with E-state index >= 15 is 0 Å². The number of hydrogen-bond donors (Lipinski definition) is 2. The van der Waals surface area contributed by atoms with Gasteiger partial charge in [0.25, 0.3) is 0 Å². The predicted molar refractivity (Wildman–Crippen MR) is 111 cm³/mol. The van der Waals surface area contributed by atoms with Gasteiger partial charge in [0.2, 0.25) is 0 Å². The molecule has 1 atom stereocenters. The molecule has 0 bridgehead atoms. The maximum Gasteiger partial charge on any atom is 0.339 e. The van der Waals surface area contributed by atoms with Crippen LogP contribution in [-0.2, 0) is 6.42 Å². The second-order valence-electron chi connectivity index (χ2n) is 8.04. The van der Waals surface area contributed by atoms with E-state index in [9.17, 15) is 9.90 Å². The molecule has 0 amide bonds. The van der Waals surface area contributed by atoms with E-state index in [0.29, 0.717) is 17.6 Å². The van der Waals surface area contributed by atoms with Crippen molar-refractivity contribution in [2.24, 2.45) is 5.92 Å². The number of carboxylic acids is 1. The van der Waals surface area contributed by atoms with Crippen molar-refractivity contribution < 1.29 is 14.6 Å². The molecule has 1 saturated heterocycles. The third kappa shape index (κ3) is 3.66. The molecule has 2 aromatic carbocycles. The molecule has 4 nitrogen and oxygen atoms in total. The summed E-state index contributed by atoms with van der Waals surface area (Å²) in [6.45, 7) is 4.38. The van der Waals surface area contributed by atoms with Gasteiger partial charge < -0.3 is 15.2 Å². The molecule has 2 aliphatic heterocycles. The second kappa shape index (κ2) is 8.36. The van der Waals surface area contributed by atoms with Gasteiger partial charge in [0.05, 0.1) is 0 Å². The Morgan fingerprint density at radius 2 is 2.00 bits per heavy atom. The van der Waals surface area contributed by atoms with E-state index in [1.54, 1.807) is 6.07 Å². The smallest absolute Gasteiger partial charge is 0.339 e. The Kier molecular flexibility index (Phi) is 5.67. The Hall–Kier alpha value is -2.33. The Labute approximate surface area is 166 Å². The molecule has 148 valence electrons. The van der Waals surface area contributed by atoms with E-state index in [1.807, 2.05) is 18.2 Å². The van der Waals surface area contributed by atoms with Gasteiger partial charge in [-0.3, -0.25) is 0 Å². The summed E-state index contributed by atoms with van der Waals surface area (Å²) < 4.78 is 6.16. The van der Waals surface area contributed by atoms with E-state index in [4.69, 9.17) is 4.74 Å². The van der Waals surface area contributed by atoms with Gasteiger partial charge in [0.15, 0.2) is 0 Å². The number of benzene rings is 2. The van der Waals surface area contributed by atoms with Gasteiger partial charge in [-0.2, -0.15) is 0 Å². The van der Waals surface area contributed by atoms with E-state index in [0.717, 1.165) is 42.8 Å². The molecule has 4 heteroatoms. The van der Waals surface area contributed by atoms with Crippen molar-refractivity contribution in [3.8, 4) is 11.5 Å². The summed E-state index contributed by atoms with van der Waals surface area (Å²) in [5.41, 5.74) is 3.79. The zero-order valence-corrected chi connectivity index (χ0v) is 16.5. The molecule has 0 radical (unpaired) electrons. The van der Waals surface area contributed by atoms with E-state index in [2.05, 4.69) is 24.4 Å². The summed E-state index contributed by atoms with van der Waals surface area (Å²) in [5.74, 6) is 1.52. The molecule has 4 rings (SSSR count). The first kappa shape index (κ1) is 19.0. The van der Waals surface area contributed by atoms with E-state index in [1.165, 1.54) is 31.2 Å². The number of piperidine rings is 1. The SMILES string of the molecule is CCCCC(c1ccc(C(=O)O)c2c1Cc1ccccc1O2)C1CCNCC1. The van der Waals surface area contributed by atoms with Gasteiger partial charge in [-0.05, 0) is 67.4 Å². The summed E-state index contributed by atoms with van der Waals surface area (Å²) in [4.78, 5) is 11.9. The molecular weight excluding hydrogens is 350 g/mol. The molecule has 28 heavy (non-hydrogen) atoms. The minimum absolute atomic E-state index is 0.271. The first-order valence-electron chi connectivity index (χ1n) is 10.5. The minimum atomic E-state index is -0.922. The summed E-state index contributed by atoms with van der Waals surface area (Å²) in [6, 6.07) is 11.8. The molecule has 0 aliphatic carbocycles. The average molecular weight is 380 g/mol. The Morgan fingerprint density at radius 1 is 1.21 bits per heavy atom. The highest BCUT2D eigenvalue weighted by molar-refractivity contribution is 5.92. The normalized spacial score (nSPS) is 17.3. The zero-order chi connectivity index (χ0) is 19.5. The van der Waals surface area contributed by atoms with Crippen LogP contribution in [0.1, 0.15) is 72.0 Å². The Balaban J connectivity index is 1.79. The van der Waals surface area contributed by atoms with Gasteiger partial charge in [0.1, 0.15) is 17.1 Å². The van der Waals surface area contributed by atoms with Gasteiger partial charge in [-0.1, -0.05) is 44.0 Å². The first-order chi connectivity index (χ1) is 13.7. The molecule has 0 spiro atoms. The van der Waals surface area contributed by atoms with Gasteiger partial charge in [-0.15, -0.1) is 0 Å². The van der Waals surface area contributed by atoms with E-state index in [-0.39, 0.29) is 5.56 Å². The van der Waals surface area contributed by atoms with Crippen molar-refractivity contribution in [1.82, 2.24) is 5.32 Å². The number of aromatic carboxylic acids is 1. The number of para-hydroxylation sites is 1. The summed E-state index contributed by atoms with van der Waals surface area (Å²) in [6.07, 6.45) is 6.64. The third-order valence-corrected chi connectivity index (χ3v) is 6.30. The van der Waals surface area contributed by atoms with Gasteiger partial charge >= 0.3 is 5.97 Å². The van der Waals surface area contributed by atoms with Crippen molar-refractivity contribution in [2.75, 3.05) is 13.1 Å². The highest BCUT2D eigenvalue weighted by atomic mass is 16.5. The maximum absolute atomic E-state index is 11.9. The minimum Gasteiger partial charge on any atom is -0.478 e. The summed E-state index contributed by atoms with van der Waals surface area (Å²) in [5, 5.41) is 13.2. The van der Waals surface area contributed by atoms with Crippen LogP contribution in [0.2, 0.25) is 0 Å². The van der Waals surface area contributed by atoms with Gasteiger partial charge in [0, 0.05) is 12.0 Å². The fraction of sp³-hybridized carbons (Fsp3) is 0.458. The van der Waals surface area contributed by atoms with E-state index < -0.39 is 5.97 Å². The largest absolute Gasteiger partial charge is 0.478 e. The highest BCUT2D eigenvalue weighted by Gasteiger charge is 2.31. The summed E-state index contributed by atoms with van der Waals surface area (Å²) in [7, 11) is 0. The van der Waals surface area contributed by atoms with Crippen LogP contribution in [-0.4, -0.2) is 24.2 Å². The predicted octanol–water partition coefficient (Wildman–Crippen LogP) is 5.35. The quantitative estimate of drug-likeness (QED) is 0.606. The van der Waals surface area contributed by atoms with Crippen molar-refractivity contribution in [2.45, 2.75) is 51.4 Å². The standard InChI is InChI=1S/C24H29NO3/c1-2-3-7-18(16-11-13-25-14-12-16)19-9-10-20(24(26)27)23-21(19)15-17-6-4-5-8-22(17)28-23/h4-6,8-10,16,18,25H,2-3,7,11-15H2,1H3,(H,26,27). The monoisotopic (exact) mass is 379 g/mol. The lowest BCUT2D eigenvalue weighted by atomic mass is 9.75. The van der Waals surface area contributed by atoms with Crippen LogP contribution in [0.25, 0.3) is 0 Å². The molecule has 2 heterocycles. The zero-order valence-electron chi connectivity index (χ0n) is 16.5. The number of unbranched alkanes of at least 4 members (excludes halogenated alkanes) is 1.